The highest BCUT2D eigenvalue weighted by Gasteiger charge is 2.25. The number of esters is 1. The Hall–Kier alpha value is -0.760. The summed E-state index contributed by atoms with van der Waals surface area (Å²) < 4.78 is 33.6. The Balaban J connectivity index is 3.83. The summed E-state index contributed by atoms with van der Waals surface area (Å²) in [6, 6.07) is 0. The molecule has 2 atom stereocenters. The number of ether oxygens (including phenoxy) is 2. The molecule has 0 saturated carbocycles. The number of allylic oxidation sites excluding steroid dienone is 2. The van der Waals surface area contributed by atoms with Crippen molar-refractivity contribution < 1.29 is 32.8 Å². The predicted molar refractivity (Wildman–Crippen MR) is 261 cm³/mol. The average molecular weight is 886 g/mol. The van der Waals surface area contributed by atoms with Crippen LogP contribution in [0.3, 0.4) is 0 Å². The number of carbonyl (C=O) groups is 1. The maximum Gasteiger partial charge on any atom is 0.472 e. The molecule has 2 unspecified atom stereocenters. The number of unbranched alkanes of at least 4 members (excludes halogenated alkanes) is 37. The highest BCUT2D eigenvalue weighted by atomic mass is 31.2. The average Bonchev–Trinajstić information content (AvgIpc) is 3.25. The fourth-order valence-electron chi connectivity index (χ4n) is 8.00. The summed E-state index contributed by atoms with van der Waals surface area (Å²) in [7, 11) is -4.28. The Morgan fingerprint density at radius 3 is 1.20 bits per heavy atom. The van der Waals surface area contributed by atoms with Crippen molar-refractivity contribution in [2.45, 2.75) is 283 Å². The van der Waals surface area contributed by atoms with Crippen molar-refractivity contribution in [3.05, 3.63) is 12.2 Å². The van der Waals surface area contributed by atoms with Crippen LogP contribution in [0.1, 0.15) is 277 Å². The van der Waals surface area contributed by atoms with E-state index in [2.05, 4.69) is 26.0 Å². The number of hydrogen-bond donors (Lipinski definition) is 2. The van der Waals surface area contributed by atoms with Crippen molar-refractivity contribution in [3.63, 3.8) is 0 Å². The third-order valence-corrected chi connectivity index (χ3v) is 12.9. The van der Waals surface area contributed by atoms with Gasteiger partial charge in [-0.1, -0.05) is 244 Å². The van der Waals surface area contributed by atoms with Crippen LogP contribution >= 0.6 is 7.82 Å². The molecule has 0 rings (SSSR count). The zero-order chi connectivity index (χ0) is 44.4. The SMILES string of the molecule is CCCCCCCCC/C=C\CCCCCCCC(=O)OC(COCCCCCCCCCCCCCCCCCCCCCCCCCCCC)COP(=O)(O)OCCN. The first kappa shape index (κ1) is 60.2. The molecule has 0 aromatic carbocycles. The van der Waals surface area contributed by atoms with Crippen LogP contribution in [-0.4, -0.2) is 49.9 Å². The van der Waals surface area contributed by atoms with E-state index in [9.17, 15) is 14.3 Å². The van der Waals surface area contributed by atoms with Gasteiger partial charge in [0, 0.05) is 19.6 Å². The van der Waals surface area contributed by atoms with Crippen molar-refractivity contribution in [1.29, 1.82) is 0 Å². The lowest BCUT2D eigenvalue weighted by Crippen LogP contribution is -2.28. The third-order valence-electron chi connectivity index (χ3n) is 11.9. The summed E-state index contributed by atoms with van der Waals surface area (Å²) >= 11 is 0. The second kappa shape index (κ2) is 50.2. The van der Waals surface area contributed by atoms with E-state index >= 15 is 0 Å². The number of carbonyl (C=O) groups excluding carboxylic acids is 1. The standard InChI is InChI=1S/C52H104NO7P/c1-3-5-7-9-11-13-15-17-19-21-22-23-24-25-26-27-28-29-30-32-34-36-38-40-42-44-47-57-49-51(50-59-61(55,56)58-48-46-53)60-52(54)45-43-41-39-37-35-33-31-20-18-16-14-12-10-8-6-4-2/h20,31,51H,3-19,21-30,32-50,53H2,1-2H3,(H,55,56)/b31-20-. The first-order valence-corrected chi connectivity index (χ1v) is 28.2. The second-order valence-corrected chi connectivity index (χ2v) is 19.6. The molecule has 0 spiro atoms. The molecule has 0 radical (unpaired) electrons. The first-order valence-electron chi connectivity index (χ1n) is 26.7. The van der Waals surface area contributed by atoms with E-state index in [0.29, 0.717) is 13.0 Å². The topological polar surface area (TPSA) is 117 Å². The maximum absolute atomic E-state index is 12.6. The summed E-state index contributed by atoms with van der Waals surface area (Å²) in [5, 5.41) is 0. The highest BCUT2D eigenvalue weighted by Crippen LogP contribution is 2.43. The molecule has 0 aromatic heterocycles. The molecule has 0 bridgehead atoms. The number of phosphoric ester groups is 1. The lowest BCUT2D eigenvalue weighted by Gasteiger charge is -2.20. The quantitative estimate of drug-likeness (QED) is 0.0268. The van der Waals surface area contributed by atoms with Gasteiger partial charge >= 0.3 is 13.8 Å². The number of rotatable bonds is 52. The third kappa shape index (κ3) is 50.1. The molecule has 0 aliphatic heterocycles. The van der Waals surface area contributed by atoms with Crippen LogP contribution < -0.4 is 5.73 Å². The summed E-state index contributed by atoms with van der Waals surface area (Å²) in [6.45, 7) is 4.98. The van der Waals surface area contributed by atoms with Gasteiger partial charge in [0.15, 0.2) is 0 Å². The van der Waals surface area contributed by atoms with Crippen molar-refractivity contribution in [3.8, 4) is 0 Å². The highest BCUT2D eigenvalue weighted by molar-refractivity contribution is 7.47. The molecule has 0 fully saturated rings. The Morgan fingerprint density at radius 2 is 0.820 bits per heavy atom. The first-order chi connectivity index (χ1) is 29.9. The van der Waals surface area contributed by atoms with Crippen LogP contribution in [0.2, 0.25) is 0 Å². The molecular weight excluding hydrogens is 782 g/mol. The maximum atomic E-state index is 12.6. The normalized spacial score (nSPS) is 13.3. The van der Waals surface area contributed by atoms with Crippen molar-refractivity contribution >= 4 is 13.8 Å². The predicted octanol–water partition coefficient (Wildman–Crippen LogP) is 16.6. The van der Waals surface area contributed by atoms with Crippen molar-refractivity contribution in [1.82, 2.24) is 0 Å². The number of phosphoric acid groups is 1. The summed E-state index contributed by atoms with van der Waals surface area (Å²) in [4.78, 5) is 22.6. The van der Waals surface area contributed by atoms with Crippen LogP contribution in [0.5, 0.6) is 0 Å². The van der Waals surface area contributed by atoms with Gasteiger partial charge in [0.1, 0.15) is 6.10 Å². The summed E-state index contributed by atoms with van der Waals surface area (Å²) in [5.74, 6) is -0.332. The molecule has 0 heterocycles. The molecule has 0 aliphatic rings. The lowest BCUT2D eigenvalue weighted by molar-refractivity contribution is -0.154. The molecule has 364 valence electrons. The van der Waals surface area contributed by atoms with Gasteiger partial charge in [-0.15, -0.1) is 0 Å². The molecule has 3 N–H and O–H groups in total. The molecule has 61 heavy (non-hydrogen) atoms. The Labute approximate surface area is 379 Å². The monoisotopic (exact) mass is 886 g/mol. The largest absolute Gasteiger partial charge is 0.472 e. The van der Waals surface area contributed by atoms with Crippen LogP contribution in [0.4, 0.5) is 0 Å². The Kier molecular flexibility index (Phi) is 49.6. The van der Waals surface area contributed by atoms with Crippen LogP contribution in [-0.2, 0) is 27.9 Å². The van der Waals surface area contributed by atoms with E-state index in [4.69, 9.17) is 24.3 Å². The summed E-state index contributed by atoms with van der Waals surface area (Å²) in [5.41, 5.74) is 5.39. The fraction of sp³-hybridized carbons (Fsp3) is 0.942. The molecule has 0 amide bonds. The minimum Gasteiger partial charge on any atom is -0.457 e. The van der Waals surface area contributed by atoms with E-state index in [1.807, 2.05) is 0 Å². The minimum atomic E-state index is -4.28. The van der Waals surface area contributed by atoms with Gasteiger partial charge in [-0.25, -0.2) is 4.57 Å². The van der Waals surface area contributed by atoms with Gasteiger partial charge in [0.25, 0.3) is 0 Å². The van der Waals surface area contributed by atoms with Gasteiger partial charge in [-0.3, -0.25) is 13.8 Å². The van der Waals surface area contributed by atoms with Crippen molar-refractivity contribution in [2.75, 3.05) is 33.0 Å². The molecule has 0 saturated heterocycles. The molecular formula is C52H104NO7P. The molecule has 8 nitrogen and oxygen atoms in total. The Bertz CT molecular complexity index is 951. The molecule has 0 aliphatic carbocycles. The zero-order valence-electron chi connectivity index (χ0n) is 40.7. The fourth-order valence-corrected chi connectivity index (χ4v) is 8.76. The van der Waals surface area contributed by atoms with E-state index < -0.39 is 13.9 Å². The van der Waals surface area contributed by atoms with Crippen LogP contribution in [0.15, 0.2) is 12.2 Å². The van der Waals surface area contributed by atoms with Crippen LogP contribution in [0, 0.1) is 0 Å². The van der Waals surface area contributed by atoms with E-state index in [0.717, 1.165) is 44.9 Å². The minimum absolute atomic E-state index is 0.0934. The number of hydrogen-bond acceptors (Lipinski definition) is 7. The van der Waals surface area contributed by atoms with E-state index in [1.165, 1.54) is 212 Å². The van der Waals surface area contributed by atoms with E-state index in [-0.39, 0.29) is 32.3 Å². The van der Waals surface area contributed by atoms with Gasteiger partial charge in [-0.2, -0.15) is 0 Å². The molecule has 0 aromatic rings. The Morgan fingerprint density at radius 1 is 0.475 bits per heavy atom. The van der Waals surface area contributed by atoms with Gasteiger partial charge in [0.05, 0.1) is 19.8 Å². The summed E-state index contributed by atoms with van der Waals surface area (Å²) in [6.07, 6.45) is 56.9. The van der Waals surface area contributed by atoms with Gasteiger partial charge in [0.2, 0.25) is 0 Å². The van der Waals surface area contributed by atoms with E-state index in [1.54, 1.807) is 0 Å². The van der Waals surface area contributed by atoms with Gasteiger partial charge < -0.3 is 20.1 Å². The van der Waals surface area contributed by atoms with Crippen LogP contribution in [0.25, 0.3) is 0 Å². The smallest absolute Gasteiger partial charge is 0.457 e. The zero-order valence-corrected chi connectivity index (χ0v) is 41.6. The van der Waals surface area contributed by atoms with Gasteiger partial charge in [-0.05, 0) is 38.5 Å². The second-order valence-electron chi connectivity index (χ2n) is 18.1. The molecule has 9 heteroatoms. The number of nitrogens with two attached hydrogens (primary N) is 1. The van der Waals surface area contributed by atoms with Crippen molar-refractivity contribution in [2.24, 2.45) is 5.73 Å². The lowest BCUT2D eigenvalue weighted by atomic mass is 10.0.